The third kappa shape index (κ3) is 4.59. The summed E-state index contributed by atoms with van der Waals surface area (Å²) in [7, 11) is 0. The molecule has 1 aliphatic carbocycles. The van der Waals surface area contributed by atoms with E-state index < -0.39 is 0 Å². The standard InChI is InChI=1S/C21H21BrN4O2/c22-17-5-7-18(8-6-17)26-14-16(13-25-26)21(27)24-12-15-9-10-23-20(11-15)28-19-3-1-2-4-19/h5-11,13-14,19H,1-4,12H2,(H,24,27). The van der Waals surface area contributed by atoms with Crippen LogP contribution in [0.4, 0.5) is 0 Å². The molecule has 1 aromatic carbocycles. The Kier molecular flexibility index (Phi) is 5.71. The molecule has 144 valence electrons. The Labute approximate surface area is 172 Å². The van der Waals surface area contributed by atoms with E-state index >= 15 is 0 Å². The quantitative estimate of drug-likeness (QED) is 0.620. The highest BCUT2D eigenvalue weighted by atomic mass is 79.9. The summed E-state index contributed by atoms with van der Waals surface area (Å²) in [6.07, 6.45) is 9.88. The second kappa shape index (κ2) is 8.56. The van der Waals surface area contributed by atoms with E-state index in [9.17, 15) is 4.79 Å². The predicted molar refractivity (Wildman–Crippen MR) is 110 cm³/mol. The van der Waals surface area contributed by atoms with Crippen LogP contribution in [0.1, 0.15) is 41.6 Å². The van der Waals surface area contributed by atoms with Crippen molar-refractivity contribution in [3.8, 4) is 11.6 Å². The first kappa shape index (κ1) is 18.7. The van der Waals surface area contributed by atoms with Crippen molar-refractivity contribution in [3.05, 3.63) is 70.6 Å². The maximum absolute atomic E-state index is 12.5. The number of ether oxygens (including phenoxy) is 1. The van der Waals surface area contributed by atoms with Crippen molar-refractivity contribution in [3.63, 3.8) is 0 Å². The zero-order chi connectivity index (χ0) is 19.3. The summed E-state index contributed by atoms with van der Waals surface area (Å²) in [5, 5.41) is 7.20. The van der Waals surface area contributed by atoms with Crippen molar-refractivity contribution >= 4 is 21.8 Å². The molecule has 1 saturated carbocycles. The number of benzene rings is 1. The van der Waals surface area contributed by atoms with E-state index in [0.717, 1.165) is 28.6 Å². The molecule has 0 saturated heterocycles. The highest BCUT2D eigenvalue weighted by Gasteiger charge is 2.17. The summed E-state index contributed by atoms with van der Waals surface area (Å²) in [5.41, 5.74) is 2.36. The first-order valence-corrected chi connectivity index (χ1v) is 10.2. The summed E-state index contributed by atoms with van der Waals surface area (Å²) in [6.45, 7) is 0.409. The van der Waals surface area contributed by atoms with Gasteiger partial charge in [0.05, 0.1) is 17.4 Å². The third-order valence-electron chi connectivity index (χ3n) is 4.78. The Hall–Kier alpha value is -2.67. The average Bonchev–Trinajstić information content (AvgIpc) is 3.39. The Morgan fingerprint density at radius 2 is 2.00 bits per heavy atom. The van der Waals surface area contributed by atoms with Gasteiger partial charge in [0.1, 0.15) is 6.10 Å². The maximum atomic E-state index is 12.5. The Balaban J connectivity index is 1.36. The van der Waals surface area contributed by atoms with Crippen LogP contribution in [-0.2, 0) is 6.54 Å². The smallest absolute Gasteiger partial charge is 0.254 e. The van der Waals surface area contributed by atoms with Gasteiger partial charge in [-0.15, -0.1) is 0 Å². The fourth-order valence-corrected chi connectivity index (χ4v) is 3.53. The van der Waals surface area contributed by atoms with Crippen LogP contribution in [0.25, 0.3) is 5.69 Å². The molecule has 1 fully saturated rings. The minimum atomic E-state index is -0.168. The van der Waals surface area contributed by atoms with Gasteiger partial charge in [-0.2, -0.15) is 5.10 Å². The molecule has 0 aliphatic heterocycles. The van der Waals surface area contributed by atoms with Crippen molar-refractivity contribution in [1.29, 1.82) is 0 Å². The summed E-state index contributed by atoms with van der Waals surface area (Å²) < 4.78 is 8.60. The minimum absolute atomic E-state index is 0.168. The largest absolute Gasteiger partial charge is 0.474 e. The molecule has 1 aliphatic rings. The van der Waals surface area contributed by atoms with Crippen LogP contribution < -0.4 is 10.1 Å². The molecule has 0 bridgehead atoms. The predicted octanol–water partition coefficient (Wildman–Crippen LogP) is 4.28. The number of amides is 1. The van der Waals surface area contributed by atoms with Crippen molar-refractivity contribution in [2.24, 2.45) is 0 Å². The molecule has 28 heavy (non-hydrogen) atoms. The number of hydrogen-bond donors (Lipinski definition) is 1. The molecule has 3 aromatic rings. The highest BCUT2D eigenvalue weighted by Crippen LogP contribution is 2.23. The summed E-state index contributed by atoms with van der Waals surface area (Å²) in [5.74, 6) is 0.458. The number of hydrogen-bond acceptors (Lipinski definition) is 4. The summed E-state index contributed by atoms with van der Waals surface area (Å²) in [6, 6.07) is 11.5. The lowest BCUT2D eigenvalue weighted by atomic mass is 10.2. The monoisotopic (exact) mass is 440 g/mol. The van der Waals surface area contributed by atoms with E-state index in [1.165, 1.54) is 12.8 Å². The number of aromatic nitrogens is 3. The van der Waals surface area contributed by atoms with E-state index in [-0.39, 0.29) is 12.0 Å². The number of halogens is 1. The molecule has 0 atom stereocenters. The number of pyridine rings is 1. The van der Waals surface area contributed by atoms with Crippen LogP contribution in [0.5, 0.6) is 5.88 Å². The molecule has 6 nitrogen and oxygen atoms in total. The molecule has 0 spiro atoms. The van der Waals surface area contributed by atoms with Gasteiger partial charge in [-0.3, -0.25) is 4.79 Å². The van der Waals surface area contributed by atoms with Gasteiger partial charge in [0, 0.05) is 29.5 Å². The summed E-state index contributed by atoms with van der Waals surface area (Å²) in [4.78, 5) is 16.7. The first-order chi connectivity index (χ1) is 13.7. The lowest BCUT2D eigenvalue weighted by molar-refractivity contribution is 0.0950. The first-order valence-electron chi connectivity index (χ1n) is 9.38. The lowest BCUT2D eigenvalue weighted by Crippen LogP contribution is -2.22. The van der Waals surface area contributed by atoms with Gasteiger partial charge in [0.2, 0.25) is 5.88 Å². The number of nitrogens with zero attached hydrogens (tertiary/aromatic N) is 3. The second-order valence-corrected chi connectivity index (χ2v) is 7.77. The molecule has 1 amide bonds. The Morgan fingerprint density at radius 1 is 1.21 bits per heavy atom. The van der Waals surface area contributed by atoms with E-state index in [2.05, 4.69) is 31.3 Å². The molecular weight excluding hydrogens is 420 g/mol. The van der Waals surface area contributed by atoms with E-state index in [4.69, 9.17) is 4.74 Å². The van der Waals surface area contributed by atoms with Crippen molar-refractivity contribution < 1.29 is 9.53 Å². The van der Waals surface area contributed by atoms with Gasteiger partial charge in [-0.05, 0) is 61.6 Å². The molecule has 0 unspecified atom stereocenters. The SMILES string of the molecule is O=C(NCc1ccnc(OC2CCCC2)c1)c1cnn(-c2ccc(Br)cc2)c1. The van der Waals surface area contributed by atoms with Gasteiger partial charge in [0.15, 0.2) is 0 Å². The van der Waals surface area contributed by atoms with Crippen LogP contribution in [0.3, 0.4) is 0 Å². The normalized spacial score (nSPS) is 14.2. The second-order valence-electron chi connectivity index (χ2n) is 6.86. The number of nitrogens with one attached hydrogen (secondary N) is 1. The van der Waals surface area contributed by atoms with Gasteiger partial charge in [-0.25, -0.2) is 9.67 Å². The zero-order valence-corrected chi connectivity index (χ0v) is 16.9. The lowest BCUT2D eigenvalue weighted by Gasteiger charge is -2.12. The molecule has 2 heterocycles. The van der Waals surface area contributed by atoms with Crippen molar-refractivity contribution in [1.82, 2.24) is 20.1 Å². The van der Waals surface area contributed by atoms with Crippen LogP contribution in [0, 0.1) is 0 Å². The zero-order valence-electron chi connectivity index (χ0n) is 15.3. The molecule has 4 rings (SSSR count). The highest BCUT2D eigenvalue weighted by molar-refractivity contribution is 9.10. The van der Waals surface area contributed by atoms with Gasteiger partial charge >= 0.3 is 0 Å². The number of carbonyl (C=O) groups is 1. The van der Waals surface area contributed by atoms with Crippen LogP contribution in [-0.4, -0.2) is 26.8 Å². The molecule has 0 radical (unpaired) electrons. The van der Waals surface area contributed by atoms with Gasteiger partial charge in [-0.1, -0.05) is 15.9 Å². The Bertz CT molecular complexity index is 949. The average molecular weight is 441 g/mol. The third-order valence-corrected chi connectivity index (χ3v) is 5.31. The molecular formula is C21H21BrN4O2. The van der Waals surface area contributed by atoms with E-state index in [1.54, 1.807) is 23.3 Å². The Morgan fingerprint density at radius 3 is 2.79 bits per heavy atom. The topological polar surface area (TPSA) is 69.0 Å². The van der Waals surface area contributed by atoms with Crippen LogP contribution in [0.2, 0.25) is 0 Å². The van der Waals surface area contributed by atoms with Crippen LogP contribution in [0.15, 0.2) is 59.5 Å². The van der Waals surface area contributed by atoms with E-state index in [0.29, 0.717) is 18.0 Å². The number of rotatable bonds is 6. The minimum Gasteiger partial charge on any atom is -0.474 e. The maximum Gasteiger partial charge on any atom is 0.254 e. The molecule has 1 N–H and O–H groups in total. The number of carbonyl (C=O) groups excluding carboxylic acids is 1. The molecule has 2 aromatic heterocycles. The van der Waals surface area contributed by atoms with Gasteiger partial charge in [0.25, 0.3) is 5.91 Å². The molecule has 7 heteroatoms. The van der Waals surface area contributed by atoms with Crippen molar-refractivity contribution in [2.75, 3.05) is 0 Å². The fraction of sp³-hybridized carbons (Fsp3) is 0.286. The van der Waals surface area contributed by atoms with Crippen molar-refractivity contribution in [2.45, 2.75) is 38.3 Å². The summed E-state index contributed by atoms with van der Waals surface area (Å²) >= 11 is 3.41. The van der Waals surface area contributed by atoms with Gasteiger partial charge < -0.3 is 10.1 Å². The van der Waals surface area contributed by atoms with E-state index in [1.807, 2.05) is 36.4 Å². The fourth-order valence-electron chi connectivity index (χ4n) is 3.26. The van der Waals surface area contributed by atoms with Crippen LogP contribution >= 0.6 is 15.9 Å².